The molecule has 164 valence electrons. The number of nitrogens with one attached hydrogen (secondary N) is 2. The minimum atomic E-state index is -0.338. The molecular weight excluding hydrogens is 409 g/mol. The van der Waals surface area contributed by atoms with Gasteiger partial charge in [-0.2, -0.15) is 0 Å². The summed E-state index contributed by atoms with van der Waals surface area (Å²) in [7, 11) is 0. The van der Waals surface area contributed by atoms with Crippen LogP contribution in [0.3, 0.4) is 0 Å². The SMILES string of the molecule is O=C(/C=C/c1ccc(OCc2ccccn2)cc1)NCCNC(=O)Cc1ccc(F)cc1. The van der Waals surface area contributed by atoms with Gasteiger partial charge >= 0.3 is 0 Å². The molecule has 0 fully saturated rings. The molecule has 0 saturated carbocycles. The van der Waals surface area contributed by atoms with Gasteiger partial charge in [0, 0.05) is 25.4 Å². The minimum Gasteiger partial charge on any atom is -0.487 e. The summed E-state index contributed by atoms with van der Waals surface area (Å²) >= 11 is 0. The maximum absolute atomic E-state index is 12.9. The van der Waals surface area contributed by atoms with Crippen molar-refractivity contribution in [2.75, 3.05) is 13.1 Å². The molecular formula is C25H24FN3O3. The Kier molecular flexibility index (Phi) is 8.50. The lowest BCUT2D eigenvalue weighted by Crippen LogP contribution is -2.34. The van der Waals surface area contributed by atoms with E-state index < -0.39 is 0 Å². The molecule has 0 aliphatic carbocycles. The fourth-order valence-electron chi connectivity index (χ4n) is 2.78. The zero-order valence-electron chi connectivity index (χ0n) is 17.5. The lowest BCUT2D eigenvalue weighted by molar-refractivity contribution is -0.121. The summed E-state index contributed by atoms with van der Waals surface area (Å²) in [6.45, 7) is 0.999. The molecule has 2 N–H and O–H groups in total. The molecule has 1 heterocycles. The molecule has 0 aliphatic rings. The van der Waals surface area contributed by atoms with Crippen molar-refractivity contribution in [3.63, 3.8) is 0 Å². The third-order valence-electron chi connectivity index (χ3n) is 4.44. The number of nitrogens with zero attached hydrogens (tertiary/aromatic N) is 1. The van der Waals surface area contributed by atoms with Gasteiger partial charge in [0.05, 0.1) is 12.1 Å². The maximum Gasteiger partial charge on any atom is 0.244 e. The van der Waals surface area contributed by atoms with E-state index in [-0.39, 0.29) is 24.1 Å². The maximum atomic E-state index is 12.9. The molecule has 0 aliphatic heterocycles. The Bertz CT molecular complexity index is 1040. The van der Waals surface area contributed by atoms with Crippen molar-refractivity contribution in [2.24, 2.45) is 0 Å². The van der Waals surface area contributed by atoms with Gasteiger partial charge in [0.15, 0.2) is 0 Å². The van der Waals surface area contributed by atoms with Crippen molar-refractivity contribution in [3.8, 4) is 5.75 Å². The zero-order valence-corrected chi connectivity index (χ0v) is 17.5. The molecule has 2 amide bonds. The Morgan fingerprint density at radius 3 is 2.41 bits per heavy atom. The van der Waals surface area contributed by atoms with Crippen LogP contribution in [0.2, 0.25) is 0 Å². The minimum absolute atomic E-state index is 0.162. The molecule has 3 rings (SSSR count). The largest absolute Gasteiger partial charge is 0.487 e. The monoisotopic (exact) mass is 433 g/mol. The van der Waals surface area contributed by atoms with Crippen molar-refractivity contribution in [1.82, 2.24) is 15.6 Å². The van der Waals surface area contributed by atoms with Crippen LogP contribution in [0.4, 0.5) is 4.39 Å². The van der Waals surface area contributed by atoms with Crippen LogP contribution in [0, 0.1) is 5.82 Å². The Morgan fingerprint density at radius 1 is 0.938 bits per heavy atom. The van der Waals surface area contributed by atoms with Crippen LogP contribution in [0.15, 0.2) is 79.0 Å². The van der Waals surface area contributed by atoms with Gasteiger partial charge in [0.25, 0.3) is 0 Å². The van der Waals surface area contributed by atoms with Crippen LogP contribution in [-0.2, 0) is 22.6 Å². The number of pyridine rings is 1. The molecule has 0 unspecified atom stereocenters. The molecule has 1 aromatic heterocycles. The Hall–Kier alpha value is -4.00. The summed E-state index contributed by atoms with van der Waals surface area (Å²) in [4.78, 5) is 28.0. The molecule has 0 bridgehead atoms. The second-order valence-electron chi connectivity index (χ2n) is 6.96. The summed E-state index contributed by atoms with van der Waals surface area (Å²) in [6.07, 6.45) is 5.02. The van der Waals surface area contributed by atoms with E-state index >= 15 is 0 Å². The number of aromatic nitrogens is 1. The van der Waals surface area contributed by atoms with Gasteiger partial charge in [-0.15, -0.1) is 0 Å². The number of carbonyl (C=O) groups excluding carboxylic acids is 2. The van der Waals surface area contributed by atoms with Gasteiger partial charge in [-0.25, -0.2) is 4.39 Å². The Morgan fingerprint density at radius 2 is 1.69 bits per heavy atom. The number of hydrogen-bond donors (Lipinski definition) is 2. The smallest absolute Gasteiger partial charge is 0.244 e. The summed E-state index contributed by atoms with van der Waals surface area (Å²) in [5.74, 6) is -0.0662. The molecule has 0 radical (unpaired) electrons. The molecule has 32 heavy (non-hydrogen) atoms. The summed E-state index contributed by atoms with van der Waals surface area (Å²) in [6, 6.07) is 18.8. The highest BCUT2D eigenvalue weighted by Gasteiger charge is 2.03. The Labute approximate surface area is 186 Å². The number of benzene rings is 2. The van der Waals surface area contributed by atoms with E-state index in [9.17, 15) is 14.0 Å². The van der Waals surface area contributed by atoms with Crippen LogP contribution < -0.4 is 15.4 Å². The fourth-order valence-corrected chi connectivity index (χ4v) is 2.78. The van der Waals surface area contributed by atoms with Crippen LogP contribution in [0.5, 0.6) is 5.75 Å². The van der Waals surface area contributed by atoms with Crippen molar-refractivity contribution in [2.45, 2.75) is 13.0 Å². The molecule has 2 aromatic carbocycles. The molecule has 0 saturated heterocycles. The quantitative estimate of drug-likeness (QED) is 0.380. The van der Waals surface area contributed by atoms with Crippen LogP contribution >= 0.6 is 0 Å². The summed E-state index contributed by atoms with van der Waals surface area (Å²) in [5, 5.41) is 5.42. The molecule has 3 aromatic rings. The average Bonchev–Trinajstić information content (AvgIpc) is 2.82. The van der Waals surface area contributed by atoms with E-state index in [2.05, 4.69) is 15.6 Å². The first-order valence-corrected chi connectivity index (χ1v) is 10.2. The van der Waals surface area contributed by atoms with Gasteiger partial charge < -0.3 is 15.4 Å². The second kappa shape index (κ2) is 12.0. The first kappa shape index (κ1) is 22.7. The van der Waals surface area contributed by atoms with Crippen LogP contribution in [0.1, 0.15) is 16.8 Å². The highest BCUT2D eigenvalue weighted by atomic mass is 19.1. The van der Waals surface area contributed by atoms with E-state index in [0.29, 0.717) is 25.4 Å². The molecule has 0 spiro atoms. The third-order valence-corrected chi connectivity index (χ3v) is 4.44. The standard InChI is InChI=1S/C25H24FN3O3/c26-21-9-4-20(5-10-21)17-25(31)29-16-15-28-24(30)13-8-19-6-11-23(12-7-19)32-18-22-3-1-2-14-27-22/h1-14H,15-18H2,(H,28,30)(H,29,31)/b13-8+. The lowest BCUT2D eigenvalue weighted by Gasteiger charge is -2.06. The predicted octanol–water partition coefficient (Wildman–Crippen LogP) is 3.29. The number of carbonyl (C=O) groups is 2. The van der Waals surface area contributed by atoms with Gasteiger partial charge in [0.2, 0.25) is 11.8 Å². The topological polar surface area (TPSA) is 80.3 Å². The van der Waals surface area contributed by atoms with Gasteiger partial charge in [-0.05, 0) is 53.6 Å². The zero-order chi connectivity index (χ0) is 22.6. The Balaban J connectivity index is 1.33. The van der Waals surface area contributed by atoms with Gasteiger partial charge in [-0.1, -0.05) is 30.3 Å². The van der Waals surface area contributed by atoms with E-state index in [0.717, 1.165) is 16.8 Å². The van der Waals surface area contributed by atoms with Crippen LogP contribution in [0.25, 0.3) is 6.08 Å². The first-order valence-electron chi connectivity index (χ1n) is 10.2. The summed E-state index contributed by atoms with van der Waals surface area (Å²) in [5.41, 5.74) is 2.43. The fraction of sp³-hybridized carbons (Fsp3) is 0.160. The van der Waals surface area contributed by atoms with Gasteiger partial charge in [0.1, 0.15) is 18.2 Å². The normalized spacial score (nSPS) is 10.7. The number of halogens is 1. The van der Waals surface area contributed by atoms with Crippen molar-refractivity contribution < 1.29 is 18.7 Å². The van der Waals surface area contributed by atoms with E-state index in [4.69, 9.17) is 4.74 Å². The van der Waals surface area contributed by atoms with E-state index in [1.54, 1.807) is 24.4 Å². The third kappa shape index (κ3) is 8.02. The lowest BCUT2D eigenvalue weighted by atomic mass is 10.1. The molecule has 0 atom stereocenters. The van der Waals surface area contributed by atoms with Crippen molar-refractivity contribution in [1.29, 1.82) is 0 Å². The number of ether oxygens (including phenoxy) is 1. The molecule has 6 nitrogen and oxygen atoms in total. The number of amides is 2. The summed E-state index contributed by atoms with van der Waals surface area (Å²) < 4.78 is 18.6. The second-order valence-corrected chi connectivity index (χ2v) is 6.96. The van der Waals surface area contributed by atoms with E-state index in [1.165, 1.54) is 18.2 Å². The number of hydrogen-bond acceptors (Lipinski definition) is 4. The van der Waals surface area contributed by atoms with Crippen LogP contribution in [-0.4, -0.2) is 29.9 Å². The number of rotatable bonds is 10. The van der Waals surface area contributed by atoms with Crippen molar-refractivity contribution >= 4 is 17.9 Å². The highest BCUT2D eigenvalue weighted by molar-refractivity contribution is 5.91. The van der Waals surface area contributed by atoms with Gasteiger partial charge in [-0.3, -0.25) is 14.6 Å². The predicted molar refractivity (Wildman–Crippen MR) is 120 cm³/mol. The van der Waals surface area contributed by atoms with Crippen molar-refractivity contribution in [3.05, 3.63) is 102 Å². The average molecular weight is 433 g/mol. The van der Waals surface area contributed by atoms with E-state index in [1.807, 2.05) is 42.5 Å². The molecule has 7 heteroatoms. The highest BCUT2D eigenvalue weighted by Crippen LogP contribution is 2.14. The first-order chi connectivity index (χ1) is 15.6.